The Balaban J connectivity index is 0.000000151. The van der Waals surface area contributed by atoms with Crippen molar-refractivity contribution in [1.82, 2.24) is 19.9 Å². The highest BCUT2D eigenvalue weighted by Crippen LogP contribution is 2.43. The van der Waals surface area contributed by atoms with Crippen molar-refractivity contribution in [2.45, 2.75) is 44.7 Å². The van der Waals surface area contributed by atoms with E-state index in [9.17, 15) is 18.4 Å². The predicted octanol–water partition coefficient (Wildman–Crippen LogP) is 11.5. The van der Waals surface area contributed by atoms with E-state index in [0.29, 0.717) is 45.8 Å². The molecule has 0 spiro atoms. The number of aryl methyl sites for hydroxylation is 1. The van der Waals surface area contributed by atoms with Gasteiger partial charge in [-0.15, -0.1) is 0 Å². The van der Waals surface area contributed by atoms with Gasteiger partial charge >= 0.3 is 12.1 Å². The van der Waals surface area contributed by atoms with E-state index < -0.39 is 5.92 Å². The molecule has 8 aromatic rings. The summed E-state index contributed by atoms with van der Waals surface area (Å²) in [5.74, 6) is -0.455. The lowest BCUT2D eigenvalue weighted by Gasteiger charge is -2.36. The predicted molar refractivity (Wildman–Crippen MR) is 262 cm³/mol. The molecular weight excluding hydrogens is 879 g/mol. The SMILES string of the molecule is CC(F)(F)c1cccc(-c2ccc3c(n2)N(C(=O)Nc2cccc(-c4cnco4)c2)[C@@H]2CCN3C2)c1.Cc1cccc(-c2ccc3c(n2)N(C(=O)Nc2cccc(-c4cnco4)c2)[C@@H]2CCN3C2)c1. The van der Waals surface area contributed by atoms with Crippen LogP contribution in [0.5, 0.6) is 0 Å². The number of benzene rings is 4. The first kappa shape index (κ1) is 43.2. The van der Waals surface area contributed by atoms with Crippen molar-refractivity contribution in [1.29, 1.82) is 0 Å². The number of nitrogens with one attached hydrogen (secondary N) is 2. The lowest BCUT2D eigenvalue weighted by Crippen LogP contribution is -2.48. The summed E-state index contributed by atoms with van der Waals surface area (Å²) >= 11 is 0. The minimum atomic E-state index is -2.96. The van der Waals surface area contributed by atoms with E-state index in [1.54, 1.807) is 29.4 Å². The second-order valence-electron chi connectivity index (χ2n) is 17.7. The number of aromatic nitrogens is 4. The van der Waals surface area contributed by atoms with Crippen LogP contribution in [-0.2, 0) is 5.92 Å². The molecule has 4 aromatic carbocycles. The highest BCUT2D eigenvalue weighted by molar-refractivity contribution is 6.06. The van der Waals surface area contributed by atoms with Gasteiger partial charge in [0.15, 0.2) is 35.9 Å². The van der Waals surface area contributed by atoms with E-state index in [-0.39, 0.29) is 29.7 Å². The Morgan fingerprint density at radius 3 is 1.57 bits per heavy atom. The zero-order valence-corrected chi connectivity index (χ0v) is 37.7. The van der Waals surface area contributed by atoms with E-state index in [0.717, 1.165) is 79.7 Å². The molecule has 4 bridgehead atoms. The standard InChI is InChI=1S/C27H23F2N5O2.C26H23N5O2/c1-27(28,29)19-6-2-4-17(12-19)22-8-9-23-25(32-22)34(21-10-11-33(23)15-21)26(35)31-20-7-3-5-18(13-20)24-14-30-16-36-24;1-17-4-2-5-18(12-17)22-8-9-23-25(29-22)31(21-10-11-30(23)15-21)26(32)28-20-7-3-6-19(13-20)24-14-27-16-33-24/h2-9,12-14,16,21H,10-11,15H2,1H3,(H,31,35);2-9,12-14,16,21H,10-11,15H2,1H3,(H,28,32)/t2*21-/m11/s1. The summed E-state index contributed by atoms with van der Waals surface area (Å²) < 4.78 is 38.6. The van der Waals surface area contributed by atoms with Gasteiger partial charge in [0.2, 0.25) is 0 Å². The zero-order valence-electron chi connectivity index (χ0n) is 37.7. The van der Waals surface area contributed by atoms with Crippen molar-refractivity contribution in [3.63, 3.8) is 0 Å². The first-order valence-corrected chi connectivity index (χ1v) is 22.8. The summed E-state index contributed by atoms with van der Waals surface area (Å²) in [4.78, 5) is 52.9. The highest BCUT2D eigenvalue weighted by Gasteiger charge is 2.42. The van der Waals surface area contributed by atoms with Gasteiger partial charge in [0.1, 0.15) is 0 Å². The average molecular weight is 925 g/mol. The minimum Gasteiger partial charge on any atom is -0.444 e. The van der Waals surface area contributed by atoms with Crippen molar-refractivity contribution in [3.8, 4) is 45.2 Å². The van der Waals surface area contributed by atoms with Crippen LogP contribution in [0.1, 0.15) is 30.9 Å². The van der Waals surface area contributed by atoms with E-state index in [1.807, 2.05) is 77.7 Å². The number of pyridine rings is 2. The Morgan fingerprint density at radius 1 is 0.609 bits per heavy atom. The highest BCUT2D eigenvalue weighted by atomic mass is 19.3. The van der Waals surface area contributed by atoms with Gasteiger partial charge in [-0.3, -0.25) is 9.80 Å². The van der Waals surface area contributed by atoms with Crippen LogP contribution in [-0.4, -0.2) is 70.3 Å². The number of halogens is 2. The third-order valence-corrected chi connectivity index (χ3v) is 13.0. The van der Waals surface area contributed by atoms with Crippen molar-refractivity contribution >= 4 is 46.4 Å². The molecule has 4 aliphatic rings. The van der Waals surface area contributed by atoms with Gasteiger partial charge in [-0.2, -0.15) is 0 Å². The Morgan fingerprint density at radius 2 is 1.09 bits per heavy atom. The van der Waals surface area contributed by atoms with Crippen LogP contribution in [0.4, 0.5) is 52.8 Å². The van der Waals surface area contributed by atoms with Crippen molar-refractivity contribution < 1.29 is 27.2 Å². The van der Waals surface area contributed by atoms with Gasteiger partial charge in [-0.05, 0) is 80.4 Å². The lowest BCUT2D eigenvalue weighted by atomic mass is 10.0. The number of nitrogens with zero attached hydrogens (tertiary/aromatic N) is 8. The van der Waals surface area contributed by atoms with Crippen molar-refractivity contribution in [2.24, 2.45) is 0 Å². The van der Waals surface area contributed by atoms with E-state index in [2.05, 4.69) is 61.6 Å². The molecule has 2 saturated heterocycles. The van der Waals surface area contributed by atoms with Crippen LogP contribution >= 0.6 is 0 Å². The Kier molecular flexibility index (Phi) is 11.1. The molecule has 2 fully saturated rings. The van der Waals surface area contributed by atoms with Crippen LogP contribution in [0.25, 0.3) is 45.2 Å². The van der Waals surface area contributed by atoms with E-state index in [4.69, 9.17) is 18.8 Å². The topological polar surface area (TPSA) is 149 Å². The molecule has 4 aliphatic heterocycles. The summed E-state index contributed by atoms with van der Waals surface area (Å²) in [6.07, 6.45) is 7.76. The molecule has 0 unspecified atom stereocenters. The number of alkyl halides is 2. The fraction of sp³-hybridized carbons (Fsp3) is 0.208. The summed E-state index contributed by atoms with van der Waals surface area (Å²) in [5.41, 5.74) is 8.95. The van der Waals surface area contributed by atoms with Crippen LogP contribution in [0.15, 0.2) is 155 Å². The lowest BCUT2D eigenvalue weighted by molar-refractivity contribution is 0.0175. The van der Waals surface area contributed by atoms with Crippen molar-refractivity contribution in [3.05, 3.63) is 158 Å². The second kappa shape index (κ2) is 17.7. The number of hydrogen-bond acceptors (Lipinski definition) is 10. The Hall–Kier alpha value is -8.40. The molecule has 16 heteroatoms. The number of carbonyl (C=O) groups excluding carboxylic acids is 2. The molecule has 346 valence electrons. The maximum Gasteiger partial charge on any atom is 0.327 e. The number of carbonyl (C=O) groups is 2. The zero-order chi connectivity index (χ0) is 47.2. The summed E-state index contributed by atoms with van der Waals surface area (Å²) in [6.45, 7) is 6.23. The van der Waals surface area contributed by atoms with Gasteiger partial charge in [0.05, 0.1) is 47.2 Å². The normalized spacial score (nSPS) is 16.6. The fourth-order valence-corrected chi connectivity index (χ4v) is 9.60. The van der Waals surface area contributed by atoms with Crippen LogP contribution in [0, 0.1) is 6.92 Å². The van der Waals surface area contributed by atoms with Gasteiger partial charge in [0.25, 0.3) is 5.92 Å². The molecule has 0 radical (unpaired) electrons. The average Bonchev–Trinajstić information content (AvgIpc) is 4.22. The number of oxazole rings is 2. The minimum absolute atomic E-state index is 0.0379. The number of amides is 4. The quantitative estimate of drug-likeness (QED) is 0.158. The van der Waals surface area contributed by atoms with Gasteiger partial charge < -0.3 is 29.3 Å². The smallest absolute Gasteiger partial charge is 0.327 e. The van der Waals surface area contributed by atoms with Gasteiger partial charge in [-0.25, -0.2) is 38.3 Å². The molecule has 12 rings (SSSR count). The molecular formula is C53H46F2N10O4. The van der Waals surface area contributed by atoms with Gasteiger partial charge in [-0.1, -0.05) is 66.2 Å². The Labute approximate surface area is 396 Å². The molecule has 2 N–H and O–H groups in total. The van der Waals surface area contributed by atoms with Crippen LogP contribution in [0.3, 0.4) is 0 Å². The maximum atomic E-state index is 13.9. The van der Waals surface area contributed by atoms with Crippen molar-refractivity contribution in [2.75, 3.05) is 56.4 Å². The largest absolute Gasteiger partial charge is 0.444 e. The molecule has 2 atom stereocenters. The number of fused-ring (bicyclic) bond motifs is 8. The second-order valence-corrected chi connectivity index (χ2v) is 17.7. The fourth-order valence-electron chi connectivity index (χ4n) is 9.60. The summed E-state index contributed by atoms with van der Waals surface area (Å²) in [5, 5.41) is 6.07. The molecule has 4 aromatic heterocycles. The van der Waals surface area contributed by atoms with Gasteiger partial charge in [0, 0.05) is 72.3 Å². The Bertz CT molecular complexity index is 3200. The molecule has 0 saturated carbocycles. The third kappa shape index (κ3) is 8.60. The number of rotatable bonds is 7. The maximum absolute atomic E-state index is 13.9. The first-order valence-electron chi connectivity index (χ1n) is 22.8. The third-order valence-electron chi connectivity index (χ3n) is 13.0. The molecule has 4 amide bonds. The molecule has 69 heavy (non-hydrogen) atoms. The van der Waals surface area contributed by atoms with E-state index >= 15 is 0 Å². The molecule has 8 heterocycles. The number of hydrogen-bond donors (Lipinski definition) is 2. The van der Waals surface area contributed by atoms with Crippen LogP contribution < -0.4 is 30.2 Å². The van der Waals surface area contributed by atoms with E-state index in [1.165, 1.54) is 30.5 Å². The number of urea groups is 2. The summed E-state index contributed by atoms with van der Waals surface area (Å²) in [7, 11) is 0. The number of anilines is 6. The van der Waals surface area contributed by atoms with Crippen LogP contribution in [0.2, 0.25) is 0 Å². The molecule has 0 aliphatic carbocycles. The summed E-state index contributed by atoms with van der Waals surface area (Å²) in [6, 6.07) is 36.9. The monoisotopic (exact) mass is 924 g/mol. The first-order chi connectivity index (χ1) is 33.5. The molecule has 14 nitrogen and oxygen atoms in total.